The lowest BCUT2D eigenvalue weighted by atomic mass is 10.0. The number of fused-ring (bicyclic) bond motifs is 1. The molecule has 0 fully saturated rings. The Kier molecular flexibility index (Phi) is 5.35. The van der Waals surface area contributed by atoms with Crippen LogP contribution in [0.4, 0.5) is 5.69 Å². The zero-order valence-electron chi connectivity index (χ0n) is 15.2. The summed E-state index contributed by atoms with van der Waals surface area (Å²) in [5.74, 6) is -0.628. The first kappa shape index (κ1) is 18.4. The first-order valence-electron chi connectivity index (χ1n) is 8.68. The van der Waals surface area contributed by atoms with Crippen LogP contribution in [0.25, 0.3) is 10.9 Å². The highest BCUT2D eigenvalue weighted by atomic mass is 16.2. The monoisotopic (exact) mass is 363 g/mol. The fraction of sp³-hybridized carbons (Fsp3) is 0.190. The molecule has 3 N–H and O–H groups in total. The molecule has 27 heavy (non-hydrogen) atoms. The third-order valence-electron chi connectivity index (χ3n) is 4.35. The molecule has 3 rings (SSSR count). The second kappa shape index (κ2) is 7.86. The number of hydrogen-bond donors (Lipinski definition) is 3. The molecule has 0 aliphatic rings. The van der Waals surface area contributed by atoms with E-state index in [2.05, 4.69) is 15.6 Å². The van der Waals surface area contributed by atoms with Crippen molar-refractivity contribution in [1.82, 2.24) is 10.3 Å². The van der Waals surface area contributed by atoms with E-state index in [1.54, 1.807) is 24.3 Å². The van der Waals surface area contributed by atoms with Gasteiger partial charge in [-0.25, -0.2) is 0 Å². The minimum atomic E-state index is -0.714. The summed E-state index contributed by atoms with van der Waals surface area (Å²) in [6, 6.07) is 13.8. The van der Waals surface area contributed by atoms with E-state index >= 15 is 0 Å². The standard InChI is InChI=1S/C21H21N3O3/c1-13(25)15-7-9-17(10-8-15)24-21(27)20(23-14(2)26)11-16-12-22-19-6-4-3-5-18(16)19/h3-10,12,20,22H,11H2,1-2H3,(H,23,26)(H,24,27). The maximum atomic E-state index is 12.7. The molecule has 0 saturated carbocycles. The number of benzene rings is 2. The van der Waals surface area contributed by atoms with Crippen LogP contribution in [0.2, 0.25) is 0 Å². The second-order valence-corrected chi connectivity index (χ2v) is 6.44. The van der Waals surface area contributed by atoms with E-state index in [9.17, 15) is 14.4 Å². The van der Waals surface area contributed by atoms with Gasteiger partial charge in [0.15, 0.2) is 5.78 Å². The van der Waals surface area contributed by atoms with Crippen LogP contribution in [0.15, 0.2) is 54.7 Å². The molecule has 1 atom stereocenters. The Morgan fingerprint density at radius 2 is 1.70 bits per heavy atom. The summed E-state index contributed by atoms with van der Waals surface area (Å²) in [6.45, 7) is 2.87. The number of aromatic amines is 1. The van der Waals surface area contributed by atoms with Gasteiger partial charge in [0.25, 0.3) is 0 Å². The number of anilines is 1. The third kappa shape index (κ3) is 4.41. The average Bonchev–Trinajstić information content (AvgIpc) is 3.04. The number of rotatable bonds is 6. The number of amides is 2. The van der Waals surface area contributed by atoms with Crippen molar-refractivity contribution in [2.24, 2.45) is 0 Å². The number of hydrogen-bond acceptors (Lipinski definition) is 3. The third-order valence-corrected chi connectivity index (χ3v) is 4.35. The van der Waals surface area contributed by atoms with Crippen molar-refractivity contribution in [3.05, 3.63) is 65.9 Å². The van der Waals surface area contributed by atoms with Crippen LogP contribution in [-0.4, -0.2) is 28.6 Å². The topological polar surface area (TPSA) is 91.1 Å². The van der Waals surface area contributed by atoms with Gasteiger partial charge in [-0.05, 0) is 42.8 Å². The fourth-order valence-corrected chi connectivity index (χ4v) is 2.99. The number of nitrogens with one attached hydrogen (secondary N) is 3. The number of H-pyrrole nitrogens is 1. The summed E-state index contributed by atoms with van der Waals surface area (Å²) in [4.78, 5) is 38.8. The van der Waals surface area contributed by atoms with Gasteiger partial charge in [0.1, 0.15) is 6.04 Å². The molecule has 6 heteroatoms. The van der Waals surface area contributed by atoms with Gasteiger partial charge in [0.2, 0.25) is 11.8 Å². The molecule has 1 aromatic heterocycles. The summed E-state index contributed by atoms with van der Waals surface area (Å²) >= 11 is 0. The van der Waals surface area contributed by atoms with Crippen LogP contribution in [-0.2, 0) is 16.0 Å². The van der Waals surface area contributed by atoms with Gasteiger partial charge in [-0.2, -0.15) is 0 Å². The van der Waals surface area contributed by atoms with Gasteiger partial charge < -0.3 is 15.6 Å². The van der Waals surface area contributed by atoms with Crippen molar-refractivity contribution in [2.75, 3.05) is 5.32 Å². The van der Waals surface area contributed by atoms with Crippen LogP contribution in [0.5, 0.6) is 0 Å². The van der Waals surface area contributed by atoms with Crippen molar-refractivity contribution >= 4 is 34.2 Å². The van der Waals surface area contributed by atoms with Crippen molar-refractivity contribution < 1.29 is 14.4 Å². The van der Waals surface area contributed by atoms with Crippen LogP contribution >= 0.6 is 0 Å². The number of carbonyl (C=O) groups is 3. The lowest BCUT2D eigenvalue weighted by Crippen LogP contribution is -2.44. The Hall–Kier alpha value is -3.41. The number of ketones is 1. The number of aromatic nitrogens is 1. The van der Waals surface area contributed by atoms with E-state index in [-0.39, 0.29) is 17.6 Å². The maximum Gasteiger partial charge on any atom is 0.247 e. The minimum Gasteiger partial charge on any atom is -0.361 e. The molecule has 0 bridgehead atoms. The van der Waals surface area contributed by atoms with E-state index < -0.39 is 6.04 Å². The second-order valence-electron chi connectivity index (χ2n) is 6.44. The van der Waals surface area contributed by atoms with Gasteiger partial charge in [-0.3, -0.25) is 14.4 Å². The van der Waals surface area contributed by atoms with Crippen molar-refractivity contribution in [2.45, 2.75) is 26.3 Å². The first-order valence-corrected chi connectivity index (χ1v) is 8.68. The maximum absolute atomic E-state index is 12.7. The molecular weight excluding hydrogens is 342 g/mol. The van der Waals surface area contributed by atoms with Crippen LogP contribution in [0.1, 0.15) is 29.8 Å². The molecule has 6 nitrogen and oxygen atoms in total. The Morgan fingerprint density at radius 3 is 2.37 bits per heavy atom. The minimum absolute atomic E-state index is 0.0386. The Morgan fingerprint density at radius 1 is 1.00 bits per heavy atom. The molecule has 138 valence electrons. The molecule has 2 amide bonds. The van der Waals surface area contributed by atoms with E-state index in [0.29, 0.717) is 17.7 Å². The van der Waals surface area contributed by atoms with Crippen molar-refractivity contribution in [1.29, 1.82) is 0 Å². The molecule has 0 spiro atoms. The number of para-hydroxylation sites is 1. The highest BCUT2D eigenvalue weighted by Crippen LogP contribution is 2.20. The van der Waals surface area contributed by atoms with E-state index in [1.165, 1.54) is 13.8 Å². The van der Waals surface area contributed by atoms with Gasteiger partial charge in [-0.15, -0.1) is 0 Å². The van der Waals surface area contributed by atoms with Gasteiger partial charge in [-0.1, -0.05) is 18.2 Å². The Bertz CT molecular complexity index is 989. The normalized spacial score (nSPS) is 11.8. The van der Waals surface area contributed by atoms with Crippen LogP contribution in [0, 0.1) is 0 Å². The van der Waals surface area contributed by atoms with Crippen molar-refractivity contribution in [3.8, 4) is 0 Å². The van der Waals surface area contributed by atoms with Gasteiger partial charge in [0, 0.05) is 41.7 Å². The smallest absolute Gasteiger partial charge is 0.247 e. The molecule has 0 aliphatic carbocycles. The van der Waals surface area contributed by atoms with Gasteiger partial charge >= 0.3 is 0 Å². The van der Waals surface area contributed by atoms with E-state index in [0.717, 1.165) is 16.5 Å². The number of carbonyl (C=O) groups excluding carboxylic acids is 3. The summed E-state index contributed by atoms with van der Waals surface area (Å²) < 4.78 is 0. The highest BCUT2D eigenvalue weighted by Gasteiger charge is 2.21. The SMILES string of the molecule is CC(=O)NC(Cc1c[nH]c2ccccc12)C(=O)Nc1ccc(C(C)=O)cc1. The molecule has 0 radical (unpaired) electrons. The number of Topliss-reactive ketones (excluding diaryl/α,β-unsaturated/α-hetero) is 1. The molecule has 0 saturated heterocycles. The molecular formula is C21H21N3O3. The molecule has 1 unspecified atom stereocenters. The fourth-order valence-electron chi connectivity index (χ4n) is 2.99. The first-order chi connectivity index (χ1) is 12.9. The zero-order valence-corrected chi connectivity index (χ0v) is 15.2. The Labute approximate surface area is 157 Å². The van der Waals surface area contributed by atoms with E-state index in [4.69, 9.17) is 0 Å². The lowest BCUT2D eigenvalue weighted by Gasteiger charge is -2.17. The van der Waals surface area contributed by atoms with Crippen LogP contribution < -0.4 is 10.6 Å². The predicted molar refractivity (Wildman–Crippen MR) is 105 cm³/mol. The molecule has 3 aromatic rings. The van der Waals surface area contributed by atoms with E-state index in [1.807, 2.05) is 30.5 Å². The Balaban J connectivity index is 1.78. The van der Waals surface area contributed by atoms with Crippen LogP contribution in [0.3, 0.4) is 0 Å². The summed E-state index contributed by atoms with van der Waals surface area (Å²) in [6.07, 6.45) is 2.22. The predicted octanol–water partition coefficient (Wildman–Crippen LogP) is 3.06. The summed E-state index contributed by atoms with van der Waals surface area (Å²) in [5.41, 5.74) is 3.07. The average molecular weight is 363 g/mol. The van der Waals surface area contributed by atoms with Crippen molar-refractivity contribution in [3.63, 3.8) is 0 Å². The zero-order chi connectivity index (χ0) is 19.4. The quantitative estimate of drug-likeness (QED) is 0.588. The molecule has 1 heterocycles. The molecule has 0 aliphatic heterocycles. The largest absolute Gasteiger partial charge is 0.361 e. The van der Waals surface area contributed by atoms with Gasteiger partial charge in [0.05, 0.1) is 0 Å². The lowest BCUT2D eigenvalue weighted by molar-refractivity contribution is -0.125. The summed E-state index contributed by atoms with van der Waals surface area (Å²) in [7, 11) is 0. The molecule has 2 aromatic carbocycles. The summed E-state index contributed by atoms with van der Waals surface area (Å²) in [5, 5.41) is 6.53. The highest BCUT2D eigenvalue weighted by molar-refractivity contribution is 5.99.